The van der Waals surface area contributed by atoms with Gasteiger partial charge < -0.3 is 5.11 Å². The van der Waals surface area contributed by atoms with E-state index < -0.39 is 11.2 Å². The highest BCUT2D eigenvalue weighted by Gasteiger charge is 2.12. The van der Waals surface area contributed by atoms with Gasteiger partial charge in [-0.3, -0.25) is 4.79 Å². The molecule has 0 unspecified atom stereocenters. The summed E-state index contributed by atoms with van der Waals surface area (Å²) in [6.07, 6.45) is 0. The van der Waals surface area contributed by atoms with Gasteiger partial charge in [0.25, 0.3) is 5.24 Å². The zero-order valence-electron chi connectivity index (χ0n) is 9.12. The smallest absolute Gasteiger partial charge is 0.338 e. The zero-order chi connectivity index (χ0) is 15.4. The van der Waals surface area contributed by atoms with Gasteiger partial charge in [0, 0.05) is 0 Å². The van der Waals surface area contributed by atoms with Crippen LogP contribution < -0.4 is 0 Å². The molecule has 0 atom stereocenters. The maximum atomic E-state index is 10.5. The Bertz CT molecular complexity index is 593. The normalized spacial score (nSPS) is 9.85. The molecule has 0 aliphatic rings. The highest BCUT2D eigenvalue weighted by molar-refractivity contribution is 7.20. The minimum absolute atomic E-state index is 0.0664. The van der Waals surface area contributed by atoms with Crippen molar-refractivity contribution in [2.24, 2.45) is 0 Å². The van der Waals surface area contributed by atoms with Crippen LogP contribution in [0.3, 0.4) is 0 Å². The third-order valence-electron chi connectivity index (χ3n) is 1.76. The van der Waals surface area contributed by atoms with Gasteiger partial charge in [-0.25, -0.2) is 4.79 Å². The van der Waals surface area contributed by atoms with E-state index in [1.165, 1.54) is 12.1 Å². The first-order chi connectivity index (χ1) is 9.22. The van der Waals surface area contributed by atoms with Crippen LogP contribution >= 0.6 is 80.7 Å². The number of rotatable bonds is 2. The lowest BCUT2D eigenvalue weighted by molar-refractivity contribution is 0.0697. The minimum atomic E-state index is -1.05. The number of carbonyl (C=O) groups is 2. The molecule has 0 saturated heterocycles. The molecular weight excluding hydrogens is 410 g/mol. The van der Waals surface area contributed by atoms with Gasteiger partial charge in [-0.1, -0.05) is 46.4 Å². The fourth-order valence-electron chi connectivity index (χ4n) is 0.960. The largest absolute Gasteiger partial charge is 0.478 e. The van der Waals surface area contributed by atoms with Crippen LogP contribution in [0.25, 0.3) is 0 Å². The average Bonchev–Trinajstić information content (AvgIpc) is 2.82. The Hall–Kier alpha value is -0.0100. The van der Waals surface area contributed by atoms with Crippen molar-refractivity contribution in [3.05, 3.63) is 40.6 Å². The van der Waals surface area contributed by atoms with Crippen LogP contribution in [0.15, 0.2) is 12.1 Å². The summed E-state index contributed by atoms with van der Waals surface area (Å²) >= 11 is 29.4. The van der Waals surface area contributed by atoms with Crippen molar-refractivity contribution >= 4 is 91.9 Å². The molecule has 2 rings (SSSR count). The Labute approximate surface area is 146 Å². The van der Waals surface area contributed by atoms with Crippen LogP contribution in [-0.4, -0.2) is 16.3 Å². The van der Waals surface area contributed by atoms with Crippen molar-refractivity contribution in [1.82, 2.24) is 0 Å². The second kappa shape index (κ2) is 7.84. The lowest BCUT2D eigenvalue weighted by Crippen LogP contribution is -1.92. The first kappa shape index (κ1) is 18.0. The topological polar surface area (TPSA) is 54.4 Å². The predicted molar refractivity (Wildman–Crippen MR) is 85.8 cm³/mol. The molecule has 0 fully saturated rings. The molecule has 2 aromatic heterocycles. The molecule has 0 bridgehead atoms. The van der Waals surface area contributed by atoms with Gasteiger partial charge in [0.05, 0.1) is 19.8 Å². The third kappa shape index (κ3) is 5.07. The van der Waals surface area contributed by atoms with E-state index in [2.05, 4.69) is 0 Å². The number of aromatic carboxylic acids is 1. The molecule has 108 valence electrons. The van der Waals surface area contributed by atoms with Crippen molar-refractivity contribution < 1.29 is 14.7 Å². The molecule has 10 heteroatoms. The number of carboxylic acid groups (broad SMARTS) is 1. The number of hydrogen-bond donors (Lipinski definition) is 1. The van der Waals surface area contributed by atoms with Gasteiger partial charge >= 0.3 is 5.97 Å². The predicted octanol–water partition coefficient (Wildman–Crippen LogP) is 6.19. The second-order valence-electron chi connectivity index (χ2n) is 3.05. The van der Waals surface area contributed by atoms with E-state index in [1.54, 1.807) is 0 Å². The van der Waals surface area contributed by atoms with E-state index in [0.717, 1.165) is 22.7 Å². The summed E-state index contributed by atoms with van der Waals surface area (Å²) in [6, 6.07) is 2.78. The minimum Gasteiger partial charge on any atom is -0.478 e. The molecule has 2 heterocycles. The van der Waals surface area contributed by atoms with Gasteiger partial charge in [0.15, 0.2) is 0 Å². The summed E-state index contributed by atoms with van der Waals surface area (Å²) < 4.78 is 1.42. The van der Waals surface area contributed by atoms with E-state index in [4.69, 9.17) is 63.1 Å². The first-order valence-electron chi connectivity index (χ1n) is 4.55. The van der Waals surface area contributed by atoms with Crippen molar-refractivity contribution in [2.75, 3.05) is 0 Å². The number of thiophene rings is 2. The maximum Gasteiger partial charge on any atom is 0.338 e. The Morgan fingerprint density at radius 1 is 0.900 bits per heavy atom. The fourth-order valence-corrected chi connectivity index (χ4v) is 4.12. The van der Waals surface area contributed by atoms with Crippen LogP contribution in [0, 0.1) is 0 Å². The Kier molecular flexibility index (Phi) is 7.08. The Morgan fingerprint density at radius 2 is 1.30 bits per heavy atom. The molecule has 0 aromatic carbocycles. The van der Waals surface area contributed by atoms with Gasteiger partial charge in [-0.05, 0) is 23.7 Å². The number of carboxylic acids is 1. The molecule has 0 amide bonds. The monoisotopic (exact) mass is 410 g/mol. The summed E-state index contributed by atoms with van der Waals surface area (Å²) in [4.78, 5) is 20.8. The molecule has 1 N–H and O–H groups in total. The van der Waals surface area contributed by atoms with Crippen LogP contribution in [-0.2, 0) is 0 Å². The quantitative estimate of drug-likeness (QED) is 0.599. The summed E-state index contributed by atoms with van der Waals surface area (Å²) in [5.41, 5.74) is 0.343. The summed E-state index contributed by atoms with van der Waals surface area (Å²) in [6.45, 7) is 0. The van der Waals surface area contributed by atoms with E-state index in [-0.39, 0.29) is 15.5 Å². The molecule has 20 heavy (non-hydrogen) atoms. The molecule has 0 aliphatic heterocycles. The Balaban J connectivity index is 0.000000200. The zero-order valence-corrected chi connectivity index (χ0v) is 14.5. The van der Waals surface area contributed by atoms with Gasteiger partial charge in [0.1, 0.15) is 8.67 Å². The standard InChI is InChI=1S/C5HCl3OS.C5H2Cl2O2S/c6-3-1-2(4(7)9)5(8)10-3;6-3-1-2(5(8)9)4(7)10-3/h1H;1H,(H,8,9). The molecular formula is C10H3Cl5O3S2. The van der Waals surface area contributed by atoms with Crippen molar-refractivity contribution in [3.8, 4) is 0 Å². The summed E-state index contributed by atoms with van der Waals surface area (Å²) in [5.74, 6) is -1.05. The van der Waals surface area contributed by atoms with Crippen LogP contribution in [0.4, 0.5) is 0 Å². The second-order valence-corrected chi connectivity index (χ2v) is 7.97. The van der Waals surface area contributed by atoms with Crippen molar-refractivity contribution in [2.45, 2.75) is 0 Å². The first-order valence-corrected chi connectivity index (χ1v) is 8.07. The number of carbonyl (C=O) groups excluding carboxylic acids is 1. The summed E-state index contributed by atoms with van der Waals surface area (Å²) in [5, 5.41) is 7.87. The number of hydrogen-bond acceptors (Lipinski definition) is 4. The van der Waals surface area contributed by atoms with E-state index in [0.29, 0.717) is 13.0 Å². The lowest BCUT2D eigenvalue weighted by Gasteiger charge is -1.84. The molecule has 0 saturated carbocycles. The van der Waals surface area contributed by atoms with E-state index in [1.807, 2.05) is 0 Å². The highest BCUT2D eigenvalue weighted by atomic mass is 35.5. The number of halogens is 5. The van der Waals surface area contributed by atoms with Crippen LogP contribution in [0.1, 0.15) is 20.7 Å². The average molecular weight is 413 g/mol. The van der Waals surface area contributed by atoms with E-state index >= 15 is 0 Å². The van der Waals surface area contributed by atoms with Gasteiger partial charge in [0.2, 0.25) is 0 Å². The molecule has 3 nitrogen and oxygen atoms in total. The molecule has 0 radical (unpaired) electrons. The van der Waals surface area contributed by atoms with Gasteiger partial charge in [-0.2, -0.15) is 0 Å². The van der Waals surface area contributed by atoms with Crippen molar-refractivity contribution in [1.29, 1.82) is 0 Å². The fraction of sp³-hybridized carbons (Fsp3) is 0. The highest BCUT2D eigenvalue weighted by Crippen LogP contribution is 2.32. The Morgan fingerprint density at radius 3 is 1.45 bits per heavy atom. The molecule has 0 spiro atoms. The van der Waals surface area contributed by atoms with Gasteiger partial charge in [-0.15, -0.1) is 22.7 Å². The third-order valence-corrected chi connectivity index (χ3v) is 4.93. The molecule has 2 aromatic rings. The summed E-state index contributed by atoms with van der Waals surface area (Å²) in [7, 11) is 0. The SMILES string of the molecule is O=C(Cl)c1cc(Cl)sc1Cl.O=C(O)c1cc(Cl)sc1Cl. The maximum absolute atomic E-state index is 10.5. The molecule has 0 aliphatic carbocycles. The van der Waals surface area contributed by atoms with E-state index in [9.17, 15) is 9.59 Å². The van der Waals surface area contributed by atoms with Crippen molar-refractivity contribution in [3.63, 3.8) is 0 Å². The lowest BCUT2D eigenvalue weighted by atomic mass is 10.4. The van der Waals surface area contributed by atoms with Crippen LogP contribution in [0.5, 0.6) is 0 Å². The van der Waals surface area contributed by atoms with Crippen LogP contribution in [0.2, 0.25) is 17.3 Å².